The van der Waals surface area contributed by atoms with Crippen LogP contribution in [0.25, 0.3) is 0 Å². The molecule has 0 bridgehead atoms. The Morgan fingerprint density at radius 1 is 1.28 bits per heavy atom. The monoisotopic (exact) mass is 340 g/mol. The molecule has 1 aliphatic heterocycles. The van der Waals surface area contributed by atoms with Gasteiger partial charge in [0.15, 0.2) is 0 Å². The molecule has 1 fully saturated rings. The summed E-state index contributed by atoms with van der Waals surface area (Å²) in [6.45, 7) is 3.29. The molecule has 6 nitrogen and oxygen atoms in total. The van der Waals surface area contributed by atoms with Crippen molar-refractivity contribution in [3.63, 3.8) is 0 Å². The third-order valence-corrected chi connectivity index (χ3v) is 4.36. The van der Waals surface area contributed by atoms with Crippen molar-refractivity contribution in [3.8, 4) is 0 Å². The molecule has 1 saturated heterocycles. The van der Waals surface area contributed by atoms with E-state index < -0.39 is 0 Å². The second-order valence-electron chi connectivity index (χ2n) is 6.29. The summed E-state index contributed by atoms with van der Waals surface area (Å²) < 4.78 is 5.81. The summed E-state index contributed by atoms with van der Waals surface area (Å²) in [5.41, 5.74) is 2.08. The summed E-state index contributed by atoms with van der Waals surface area (Å²) in [7, 11) is 2.01. The standard InChI is InChI=1S/C19H24N4O2/c1-22(14-17-4-2-3-8-21-17)11-7-19(24)23-12-13-25-18(15-23)16-5-9-20-10-6-16/h2-6,8-10,18H,7,11-15H2,1H3. The van der Waals surface area contributed by atoms with E-state index in [1.54, 1.807) is 18.6 Å². The third-order valence-electron chi connectivity index (χ3n) is 4.36. The van der Waals surface area contributed by atoms with Gasteiger partial charge >= 0.3 is 0 Å². The summed E-state index contributed by atoms with van der Waals surface area (Å²) >= 11 is 0. The first-order valence-corrected chi connectivity index (χ1v) is 8.60. The molecule has 1 unspecified atom stereocenters. The molecule has 0 N–H and O–H groups in total. The van der Waals surface area contributed by atoms with Crippen molar-refractivity contribution in [2.24, 2.45) is 0 Å². The van der Waals surface area contributed by atoms with Gasteiger partial charge in [0.05, 0.1) is 18.8 Å². The molecular weight excluding hydrogens is 316 g/mol. The van der Waals surface area contributed by atoms with Crippen molar-refractivity contribution in [1.82, 2.24) is 19.8 Å². The predicted octanol–water partition coefficient (Wildman–Crippen LogP) is 1.90. The molecule has 1 atom stereocenters. The van der Waals surface area contributed by atoms with Crippen molar-refractivity contribution < 1.29 is 9.53 Å². The lowest BCUT2D eigenvalue weighted by Crippen LogP contribution is -2.43. The number of morpholine rings is 1. The van der Waals surface area contributed by atoms with Gasteiger partial charge in [-0.15, -0.1) is 0 Å². The fraction of sp³-hybridized carbons (Fsp3) is 0.421. The Morgan fingerprint density at radius 2 is 2.12 bits per heavy atom. The Kier molecular flexibility index (Phi) is 6.09. The van der Waals surface area contributed by atoms with Crippen molar-refractivity contribution in [1.29, 1.82) is 0 Å². The van der Waals surface area contributed by atoms with Crippen LogP contribution in [0.5, 0.6) is 0 Å². The van der Waals surface area contributed by atoms with Gasteiger partial charge < -0.3 is 14.5 Å². The fourth-order valence-electron chi connectivity index (χ4n) is 2.95. The number of amides is 1. The molecule has 1 aliphatic rings. The van der Waals surface area contributed by atoms with Crippen molar-refractivity contribution in [2.75, 3.05) is 33.3 Å². The van der Waals surface area contributed by atoms with Crippen molar-refractivity contribution in [2.45, 2.75) is 19.1 Å². The average Bonchev–Trinajstić information content (AvgIpc) is 2.68. The molecule has 2 aromatic heterocycles. The van der Waals surface area contributed by atoms with Crippen LogP contribution in [0.3, 0.4) is 0 Å². The maximum absolute atomic E-state index is 12.5. The van der Waals surface area contributed by atoms with Crippen molar-refractivity contribution >= 4 is 5.91 Å². The SMILES string of the molecule is CN(CCC(=O)N1CCOC(c2ccncc2)C1)Cc1ccccn1. The first-order valence-electron chi connectivity index (χ1n) is 8.60. The Balaban J connectivity index is 1.47. The van der Waals surface area contributed by atoms with Gasteiger partial charge in [0.2, 0.25) is 5.91 Å². The van der Waals surface area contributed by atoms with Crippen LogP contribution in [-0.4, -0.2) is 59.0 Å². The number of carbonyl (C=O) groups excluding carboxylic acids is 1. The molecule has 0 radical (unpaired) electrons. The molecule has 0 saturated carbocycles. The fourth-order valence-corrected chi connectivity index (χ4v) is 2.95. The van der Waals surface area contributed by atoms with Crippen LogP contribution >= 0.6 is 0 Å². The molecule has 6 heteroatoms. The lowest BCUT2D eigenvalue weighted by Gasteiger charge is -2.33. The van der Waals surface area contributed by atoms with Crippen LogP contribution in [0, 0.1) is 0 Å². The minimum Gasteiger partial charge on any atom is -0.370 e. The first-order chi connectivity index (χ1) is 12.2. The molecule has 3 heterocycles. The zero-order valence-corrected chi connectivity index (χ0v) is 14.5. The Bertz CT molecular complexity index is 666. The van der Waals surface area contributed by atoms with E-state index in [1.807, 2.05) is 42.3 Å². The van der Waals surface area contributed by atoms with E-state index in [2.05, 4.69) is 14.9 Å². The lowest BCUT2D eigenvalue weighted by atomic mass is 10.1. The molecule has 25 heavy (non-hydrogen) atoms. The second-order valence-corrected chi connectivity index (χ2v) is 6.29. The van der Waals surface area contributed by atoms with Gasteiger partial charge in [0.1, 0.15) is 6.10 Å². The van der Waals surface area contributed by atoms with Crippen LogP contribution < -0.4 is 0 Å². The molecule has 0 spiro atoms. The number of carbonyl (C=O) groups is 1. The van der Waals surface area contributed by atoms with E-state index in [9.17, 15) is 4.79 Å². The predicted molar refractivity (Wildman–Crippen MR) is 94.7 cm³/mol. The topological polar surface area (TPSA) is 58.6 Å². The number of pyridine rings is 2. The highest BCUT2D eigenvalue weighted by Crippen LogP contribution is 2.21. The largest absolute Gasteiger partial charge is 0.370 e. The maximum atomic E-state index is 12.5. The van der Waals surface area contributed by atoms with E-state index in [4.69, 9.17) is 4.74 Å². The van der Waals surface area contributed by atoms with Crippen LogP contribution in [0.4, 0.5) is 0 Å². The highest BCUT2D eigenvalue weighted by Gasteiger charge is 2.25. The number of aromatic nitrogens is 2. The molecular formula is C19H24N4O2. The van der Waals surface area contributed by atoms with E-state index in [0.717, 1.165) is 17.8 Å². The number of ether oxygens (including phenoxy) is 1. The first kappa shape index (κ1) is 17.5. The highest BCUT2D eigenvalue weighted by atomic mass is 16.5. The number of hydrogen-bond acceptors (Lipinski definition) is 5. The summed E-state index contributed by atoms with van der Waals surface area (Å²) in [4.78, 5) is 24.9. The summed E-state index contributed by atoms with van der Waals surface area (Å²) in [6, 6.07) is 9.77. The zero-order valence-electron chi connectivity index (χ0n) is 14.5. The highest BCUT2D eigenvalue weighted by molar-refractivity contribution is 5.76. The molecule has 1 amide bonds. The molecule has 0 aromatic carbocycles. The minimum atomic E-state index is -0.0630. The van der Waals surface area contributed by atoms with Gasteiger partial charge in [-0.25, -0.2) is 0 Å². The molecule has 0 aliphatic carbocycles. The number of nitrogens with zero attached hydrogens (tertiary/aromatic N) is 4. The zero-order chi connectivity index (χ0) is 17.5. The molecule has 3 rings (SSSR count). The van der Waals surface area contributed by atoms with Gasteiger partial charge in [-0.2, -0.15) is 0 Å². The minimum absolute atomic E-state index is 0.0630. The van der Waals surface area contributed by atoms with Gasteiger partial charge in [-0.1, -0.05) is 6.07 Å². The van der Waals surface area contributed by atoms with Crippen LogP contribution in [0.1, 0.15) is 23.8 Å². The van der Waals surface area contributed by atoms with E-state index >= 15 is 0 Å². The van der Waals surface area contributed by atoms with Gasteiger partial charge in [0.25, 0.3) is 0 Å². The molecule has 132 valence electrons. The number of rotatable bonds is 6. The van der Waals surface area contributed by atoms with Gasteiger partial charge in [-0.05, 0) is 36.9 Å². The smallest absolute Gasteiger partial charge is 0.224 e. The lowest BCUT2D eigenvalue weighted by molar-refractivity contribution is -0.139. The Labute approximate surface area is 148 Å². The Hall–Kier alpha value is -2.31. The third kappa shape index (κ3) is 5.08. The quantitative estimate of drug-likeness (QED) is 0.804. The Morgan fingerprint density at radius 3 is 2.88 bits per heavy atom. The second kappa shape index (κ2) is 8.69. The van der Waals surface area contributed by atoms with E-state index in [-0.39, 0.29) is 12.0 Å². The summed E-state index contributed by atoms with van der Waals surface area (Å²) in [5, 5.41) is 0. The normalized spacial score (nSPS) is 17.7. The van der Waals surface area contributed by atoms with Crippen molar-refractivity contribution in [3.05, 3.63) is 60.2 Å². The summed E-state index contributed by atoms with van der Waals surface area (Å²) in [5.74, 6) is 0.176. The number of hydrogen-bond donors (Lipinski definition) is 0. The van der Waals surface area contributed by atoms with E-state index in [1.165, 1.54) is 0 Å². The van der Waals surface area contributed by atoms with Crippen LogP contribution in [0.15, 0.2) is 48.9 Å². The average molecular weight is 340 g/mol. The van der Waals surface area contributed by atoms with Gasteiger partial charge in [-0.3, -0.25) is 14.8 Å². The van der Waals surface area contributed by atoms with Crippen LogP contribution in [0.2, 0.25) is 0 Å². The summed E-state index contributed by atoms with van der Waals surface area (Å²) in [6.07, 6.45) is 5.75. The van der Waals surface area contributed by atoms with Gasteiger partial charge in [0, 0.05) is 44.6 Å². The van der Waals surface area contributed by atoms with E-state index in [0.29, 0.717) is 32.7 Å². The van der Waals surface area contributed by atoms with Crippen LogP contribution in [-0.2, 0) is 16.1 Å². The maximum Gasteiger partial charge on any atom is 0.224 e. The molecule has 2 aromatic rings.